The second-order valence-electron chi connectivity index (χ2n) is 13.4. The van der Waals surface area contributed by atoms with E-state index in [-0.39, 0.29) is 0 Å². The van der Waals surface area contributed by atoms with E-state index in [2.05, 4.69) is 194 Å². The maximum atomic E-state index is 4.78. The van der Waals surface area contributed by atoms with E-state index in [0.717, 1.165) is 33.6 Å². The fourth-order valence-corrected chi connectivity index (χ4v) is 7.08. The van der Waals surface area contributed by atoms with Crippen LogP contribution in [-0.4, -0.2) is 9.97 Å². The summed E-state index contributed by atoms with van der Waals surface area (Å²) in [6.07, 6.45) is 3.53. The first kappa shape index (κ1) is 32.7. The summed E-state index contributed by atoms with van der Waals surface area (Å²) < 4.78 is 0. The van der Waals surface area contributed by atoms with E-state index in [1.807, 2.05) is 12.1 Å². The molecule has 0 atom stereocenters. The third-order valence-corrected chi connectivity index (χ3v) is 10.1. The number of aromatic nitrogens is 2. The van der Waals surface area contributed by atoms with Crippen molar-refractivity contribution in [1.82, 2.24) is 9.97 Å². The first-order chi connectivity index (χ1) is 26.7. The summed E-state index contributed by atoms with van der Waals surface area (Å²) in [6, 6.07) is 73.4. The van der Waals surface area contributed by atoms with Gasteiger partial charge in [-0.05, 0) is 66.8 Å². The molecule has 8 aromatic carbocycles. The van der Waals surface area contributed by atoms with Crippen molar-refractivity contribution in [2.24, 2.45) is 0 Å². The van der Waals surface area contributed by atoms with E-state index < -0.39 is 0 Å². The van der Waals surface area contributed by atoms with Crippen LogP contribution in [0.1, 0.15) is 0 Å². The highest BCUT2D eigenvalue weighted by Crippen LogP contribution is 2.34. The molecule has 0 amide bonds. The standard InChI is InChI=1S/C52H36N2/c1-3-7-37(8-4-1)39-11-15-41(16-12-39)43-19-23-45(24-20-43)47-27-31-49(32-28-47)51-52(54-36-35-53-51)50-33-29-48(30-34-50)46-25-21-44(22-26-46)42-17-13-40(14-18-42)38-9-5-2-6-10-38/h1-36H. The van der Waals surface area contributed by atoms with Crippen molar-refractivity contribution in [1.29, 1.82) is 0 Å². The SMILES string of the molecule is c1ccc(-c2ccc(-c3ccc(-c4ccc(-c5nccnc5-c5ccc(-c6ccc(-c7ccc(-c8ccccc8)cc7)cc6)cc5)cc4)cc3)cc2)cc1. The van der Waals surface area contributed by atoms with Crippen molar-refractivity contribution >= 4 is 0 Å². The molecule has 0 fully saturated rings. The van der Waals surface area contributed by atoms with Crippen LogP contribution in [0, 0.1) is 0 Å². The molecule has 0 radical (unpaired) electrons. The van der Waals surface area contributed by atoms with Crippen molar-refractivity contribution in [3.63, 3.8) is 0 Å². The Morgan fingerprint density at radius 2 is 0.333 bits per heavy atom. The molecule has 0 N–H and O–H groups in total. The Bertz CT molecular complexity index is 2420. The summed E-state index contributed by atoms with van der Waals surface area (Å²) in [6.45, 7) is 0. The monoisotopic (exact) mass is 688 g/mol. The van der Waals surface area contributed by atoms with Gasteiger partial charge in [-0.2, -0.15) is 0 Å². The van der Waals surface area contributed by atoms with Gasteiger partial charge in [-0.25, -0.2) is 0 Å². The highest BCUT2D eigenvalue weighted by atomic mass is 14.8. The van der Waals surface area contributed by atoms with Crippen LogP contribution in [-0.2, 0) is 0 Å². The van der Waals surface area contributed by atoms with Crippen LogP contribution < -0.4 is 0 Å². The van der Waals surface area contributed by atoms with Crippen molar-refractivity contribution in [2.75, 3.05) is 0 Å². The Kier molecular flexibility index (Phi) is 8.99. The summed E-state index contributed by atoms with van der Waals surface area (Å²) in [5.41, 5.74) is 18.2. The van der Waals surface area contributed by atoms with Crippen LogP contribution in [0.3, 0.4) is 0 Å². The maximum Gasteiger partial charge on any atom is 0.0965 e. The van der Waals surface area contributed by atoms with Gasteiger partial charge in [0, 0.05) is 23.5 Å². The molecule has 0 spiro atoms. The zero-order valence-corrected chi connectivity index (χ0v) is 29.7. The molecular weight excluding hydrogens is 653 g/mol. The van der Waals surface area contributed by atoms with E-state index in [1.165, 1.54) is 55.6 Å². The number of nitrogens with zero attached hydrogens (tertiary/aromatic N) is 2. The van der Waals surface area contributed by atoms with Crippen LogP contribution >= 0.6 is 0 Å². The highest BCUT2D eigenvalue weighted by Gasteiger charge is 2.12. The Balaban J connectivity index is 0.888. The third-order valence-electron chi connectivity index (χ3n) is 10.1. The highest BCUT2D eigenvalue weighted by molar-refractivity contribution is 5.81. The van der Waals surface area contributed by atoms with Gasteiger partial charge >= 0.3 is 0 Å². The Labute approximate surface area is 316 Å². The molecule has 2 heteroatoms. The molecule has 2 nitrogen and oxygen atoms in total. The minimum atomic E-state index is 0.869. The molecule has 0 aliphatic rings. The lowest BCUT2D eigenvalue weighted by Gasteiger charge is -2.11. The van der Waals surface area contributed by atoms with Crippen molar-refractivity contribution < 1.29 is 0 Å². The molecule has 0 aliphatic heterocycles. The van der Waals surface area contributed by atoms with Gasteiger partial charge in [0.25, 0.3) is 0 Å². The van der Waals surface area contributed by atoms with Crippen LogP contribution in [0.5, 0.6) is 0 Å². The average molecular weight is 689 g/mol. The van der Waals surface area contributed by atoms with Crippen LogP contribution in [0.2, 0.25) is 0 Å². The van der Waals surface area contributed by atoms with Crippen LogP contribution in [0.25, 0.3) is 89.3 Å². The molecule has 0 bridgehead atoms. The zero-order valence-electron chi connectivity index (χ0n) is 29.7. The van der Waals surface area contributed by atoms with Crippen LogP contribution in [0.4, 0.5) is 0 Å². The third kappa shape index (κ3) is 6.89. The van der Waals surface area contributed by atoms with E-state index in [1.54, 1.807) is 12.4 Å². The Morgan fingerprint density at radius 3 is 0.537 bits per heavy atom. The number of hydrogen-bond donors (Lipinski definition) is 0. The molecule has 0 aliphatic carbocycles. The second-order valence-corrected chi connectivity index (χ2v) is 13.4. The first-order valence-electron chi connectivity index (χ1n) is 18.3. The predicted octanol–water partition coefficient (Wildman–Crippen LogP) is 13.8. The minimum Gasteiger partial charge on any atom is -0.252 e. The maximum absolute atomic E-state index is 4.78. The largest absolute Gasteiger partial charge is 0.252 e. The van der Waals surface area contributed by atoms with Crippen molar-refractivity contribution in [3.05, 3.63) is 219 Å². The fourth-order valence-electron chi connectivity index (χ4n) is 7.08. The minimum absolute atomic E-state index is 0.869. The van der Waals surface area contributed by atoms with E-state index >= 15 is 0 Å². The molecule has 0 saturated heterocycles. The van der Waals surface area contributed by atoms with Gasteiger partial charge in [-0.1, -0.05) is 206 Å². The molecule has 9 rings (SSSR count). The zero-order chi connectivity index (χ0) is 36.1. The number of rotatable bonds is 8. The summed E-state index contributed by atoms with van der Waals surface area (Å²) >= 11 is 0. The fraction of sp³-hybridized carbons (Fsp3) is 0. The van der Waals surface area contributed by atoms with Gasteiger partial charge in [0.2, 0.25) is 0 Å². The quantitative estimate of drug-likeness (QED) is 0.159. The van der Waals surface area contributed by atoms with Crippen molar-refractivity contribution in [2.45, 2.75) is 0 Å². The number of hydrogen-bond acceptors (Lipinski definition) is 2. The first-order valence-corrected chi connectivity index (χ1v) is 18.3. The Morgan fingerprint density at radius 1 is 0.167 bits per heavy atom. The molecule has 1 aromatic heterocycles. The normalized spacial score (nSPS) is 11.0. The van der Waals surface area contributed by atoms with Gasteiger partial charge in [-0.3, -0.25) is 9.97 Å². The molecule has 54 heavy (non-hydrogen) atoms. The van der Waals surface area contributed by atoms with Gasteiger partial charge < -0.3 is 0 Å². The summed E-state index contributed by atoms with van der Waals surface area (Å²) in [5, 5.41) is 0. The van der Waals surface area contributed by atoms with Gasteiger partial charge in [0.15, 0.2) is 0 Å². The Hall–Kier alpha value is -7.16. The molecule has 0 unspecified atom stereocenters. The van der Waals surface area contributed by atoms with Gasteiger partial charge in [0.05, 0.1) is 11.4 Å². The molecule has 9 aromatic rings. The lowest BCUT2D eigenvalue weighted by Crippen LogP contribution is -1.92. The van der Waals surface area contributed by atoms with Crippen molar-refractivity contribution in [3.8, 4) is 89.3 Å². The topological polar surface area (TPSA) is 25.8 Å². The molecule has 1 heterocycles. The lowest BCUT2D eigenvalue weighted by molar-refractivity contribution is 1.21. The molecular formula is C52H36N2. The second kappa shape index (κ2) is 14.8. The van der Waals surface area contributed by atoms with E-state index in [9.17, 15) is 0 Å². The lowest BCUT2D eigenvalue weighted by atomic mass is 9.96. The van der Waals surface area contributed by atoms with Crippen LogP contribution in [0.15, 0.2) is 219 Å². The smallest absolute Gasteiger partial charge is 0.0965 e. The summed E-state index contributed by atoms with van der Waals surface area (Å²) in [7, 11) is 0. The molecule has 0 saturated carbocycles. The number of benzene rings is 8. The predicted molar refractivity (Wildman–Crippen MR) is 226 cm³/mol. The molecule has 254 valence electrons. The summed E-state index contributed by atoms with van der Waals surface area (Å²) in [4.78, 5) is 9.55. The van der Waals surface area contributed by atoms with E-state index in [4.69, 9.17) is 9.97 Å². The summed E-state index contributed by atoms with van der Waals surface area (Å²) in [5.74, 6) is 0. The van der Waals surface area contributed by atoms with Gasteiger partial charge in [-0.15, -0.1) is 0 Å². The van der Waals surface area contributed by atoms with Gasteiger partial charge in [0.1, 0.15) is 0 Å². The average Bonchev–Trinajstić information content (AvgIpc) is 3.27. The van der Waals surface area contributed by atoms with E-state index in [0.29, 0.717) is 0 Å².